The predicted octanol–water partition coefficient (Wildman–Crippen LogP) is 0.470. The van der Waals surface area contributed by atoms with Gasteiger partial charge in [0, 0.05) is 12.7 Å². The first kappa shape index (κ1) is 9.19. The number of hydrogen-bond acceptors (Lipinski definition) is 3. The van der Waals surface area contributed by atoms with E-state index in [9.17, 15) is 5.11 Å². The van der Waals surface area contributed by atoms with Crippen LogP contribution in [0.2, 0.25) is 0 Å². The minimum absolute atomic E-state index is 0.451. The Hall–Kier alpha value is -0.900. The molecule has 0 heterocycles. The summed E-state index contributed by atoms with van der Waals surface area (Å²) in [6.07, 6.45) is 0. The largest absolute Gasteiger partial charge is 0.390 e. The molecule has 1 rings (SSSR count). The zero-order valence-corrected chi connectivity index (χ0v) is 6.90. The Kier molecular flexibility index (Phi) is 2.81. The van der Waals surface area contributed by atoms with Gasteiger partial charge in [-0.25, -0.2) is 0 Å². The molecule has 0 aliphatic heterocycles. The van der Waals surface area contributed by atoms with E-state index in [1.807, 2.05) is 6.07 Å². The molecule has 0 aliphatic carbocycles. The molecule has 1 aromatic rings. The topological polar surface area (TPSA) is 49.7 Å². The molecule has 1 aromatic carbocycles. The van der Waals surface area contributed by atoms with Crippen molar-refractivity contribution in [2.75, 3.05) is 13.7 Å². The van der Waals surface area contributed by atoms with E-state index in [0.29, 0.717) is 5.56 Å². The predicted molar refractivity (Wildman–Crippen MR) is 44.4 cm³/mol. The Balaban J connectivity index is 2.95. The quantitative estimate of drug-likeness (QED) is 0.645. The third-order valence-electron chi connectivity index (χ3n) is 1.78. The molecule has 0 fully saturated rings. The smallest absolute Gasteiger partial charge is 0.216 e. The summed E-state index contributed by atoms with van der Waals surface area (Å²) in [5.41, 5.74) is 0.551. The van der Waals surface area contributed by atoms with Gasteiger partial charge in [-0.05, 0) is 0 Å². The van der Waals surface area contributed by atoms with Crippen molar-refractivity contribution in [2.24, 2.45) is 0 Å². The minimum Gasteiger partial charge on any atom is -0.390 e. The molecule has 3 heteroatoms. The summed E-state index contributed by atoms with van der Waals surface area (Å²) in [4.78, 5) is 0. The van der Waals surface area contributed by atoms with Gasteiger partial charge in [0.05, 0.1) is 0 Å². The van der Waals surface area contributed by atoms with Crippen molar-refractivity contribution < 1.29 is 14.9 Å². The number of ether oxygens (including phenoxy) is 1. The molecule has 0 amide bonds. The summed E-state index contributed by atoms with van der Waals surface area (Å²) in [5, 5.41) is 18.5. The summed E-state index contributed by atoms with van der Waals surface area (Å²) in [6, 6.07) is 8.76. The normalized spacial score (nSPS) is 15.6. The second-order valence-corrected chi connectivity index (χ2v) is 2.51. The van der Waals surface area contributed by atoms with Crippen molar-refractivity contribution in [1.29, 1.82) is 0 Å². The van der Waals surface area contributed by atoms with E-state index in [-0.39, 0.29) is 0 Å². The highest BCUT2D eigenvalue weighted by molar-refractivity contribution is 5.19. The van der Waals surface area contributed by atoms with Crippen LogP contribution < -0.4 is 0 Å². The van der Waals surface area contributed by atoms with E-state index < -0.39 is 12.4 Å². The number of methoxy groups -OCH3 is 1. The third-order valence-corrected chi connectivity index (χ3v) is 1.78. The lowest BCUT2D eigenvalue weighted by Crippen LogP contribution is -2.32. The van der Waals surface area contributed by atoms with Gasteiger partial charge in [0.25, 0.3) is 0 Å². The van der Waals surface area contributed by atoms with Crippen LogP contribution in [-0.2, 0) is 10.5 Å². The van der Waals surface area contributed by atoms with Gasteiger partial charge >= 0.3 is 0 Å². The molecule has 0 aromatic heterocycles. The average Bonchev–Trinajstić information content (AvgIpc) is 2.18. The molecule has 0 spiro atoms. The highest BCUT2D eigenvalue weighted by atomic mass is 16.6. The van der Waals surface area contributed by atoms with Crippen LogP contribution in [-0.4, -0.2) is 23.9 Å². The van der Waals surface area contributed by atoms with Crippen LogP contribution in [0.4, 0.5) is 0 Å². The van der Waals surface area contributed by atoms with E-state index in [1.54, 1.807) is 24.3 Å². The van der Waals surface area contributed by atoms with E-state index in [2.05, 4.69) is 0 Å². The molecular formula is C9H12O3. The van der Waals surface area contributed by atoms with Gasteiger partial charge in [0.1, 0.15) is 6.61 Å². The van der Waals surface area contributed by atoms with Crippen LogP contribution in [0, 0.1) is 0 Å². The van der Waals surface area contributed by atoms with Crippen molar-refractivity contribution in [3.63, 3.8) is 0 Å². The van der Waals surface area contributed by atoms with Crippen molar-refractivity contribution in [3.05, 3.63) is 35.9 Å². The Morgan fingerprint density at radius 1 is 1.33 bits per heavy atom. The lowest BCUT2D eigenvalue weighted by Gasteiger charge is -2.23. The summed E-state index contributed by atoms with van der Waals surface area (Å²) in [7, 11) is 1.35. The first-order valence-corrected chi connectivity index (χ1v) is 3.67. The van der Waals surface area contributed by atoms with E-state index in [1.165, 1.54) is 7.11 Å². The Morgan fingerprint density at radius 3 is 2.33 bits per heavy atom. The molecule has 0 bridgehead atoms. The van der Waals surface area contributed by atoms with Gasteiger partial charge in [-0.15, -0.1) is 0 Å². The SMILES string of the molecule is COC(O)(CO)c1ccccc1. The Labute approximate surface area is 71.2 Å². The van der Waals surface area contributed by atoms with Crippen LogP contribution in [0.15, 0.2) is 30.3 Å². The van der Waals surface area contributed by atoms with Gasteiger partial charge in [-0.2, -0.15) is 0 Å². The molecule has 1 atom stereocenters. The molecule has 3 nitrogen and oxygen atoms in total. The maximum atomic E-state index is 9.63. The molecule has 66 valence electrons. The highest BCUT2D eigenvalue weighted by Gasteiger charge is 2.27. The summed E-state index contributed by atoms with van der Waals surface area (Å²) in [5.74, 6) is -1.57. The number of rotatable bonds is 3. The number of aliphatic hydroxyl groups excluding tert-OH is 1. The summed E-state index contributed by atoms with van der Waals surface area (Å²) < 4.78 is 4.78. The lowest BCUT2D eigenvalue weighted by atomic mass is 10.1. The molecule has 2 N–H and O–H groups in total. The maximum Gasteiger partial charge on any atom is 0.216 e. The van der Waals surface area contributed by atoms with Crippen LogP contribution in [0.1, 0.15) is 5.56 Å². The Bertz CT molecular complexity index is 229. The van der Waals surface area contributed by atoms with Crippen LogP contribution in [0.3, 0.4) is 0 Å². The third kappa shape index (κ3) is 1.64. The van der Waals surface area contributed by atoms with Crippen molar-refractivity contribution in [1.82, 2.24) is 0 Å². The fourth-order valence-electron chi connectivity index (χ4n) is 0.972. The van der Waals surface area contributed by atoms with Gasteiger partial charge in [0.15, 0.2) is 0 Å². The first-order chi connectivity index (χ1) is 5.73. The highest BCUT2D eigenvalue weighted by Crippen LogP contribution is 2.20. The van der Waals surface area contributed by atoms with Crippen molar-refractivity contribution in [2.45, 2.75) is 5.79 Å². The van der Waals surface area contributed by atoms with Gasteiger partial charge < -0.3 is 14.9 Å². The van der Waals surface area contributed by atoms with Gasteiger partial charge in [-0.1, -0.05) is 30.3 Å². The van der Waals surface area contributed by atoms with E-state index in [0.717, 1.165) is 0 Å². The summed E-state index contributed by atoms with van der Waals surface area (Å²) in [6.45, 7) is -0.451. The van der Waals surface area contributed by atoms with Gasteiger partial charge in [0.2, 0.25) is 5.79 Å². The van der Waals surface area contributed by atoms with Crippen LogP contribution >= 0.6 is 0 Å². The lowest BCUT2D eigenvalue weighted by molar-refractivity contribution is -0.216. The fourth-order valence-corrected chi connectivity index (χ4v) is 0.972. The zero-order chi connectivity index (χ0) is 9.03. The molecule has 12 heavy (non-hydrogen) atoms. The first-order valence-electron chi connectivity index (χ1n) is 3.67. The van der Waals surface area contributed by atoms with Crippen LogP contribution in [0.25, 0.3) is 0 Å². The van der Waals surface area contributed by atoms with Crippen molar-refractivity contribution in [3.8, 4) is 0 Å². The minimum atomic E-state index is -1.57. The van der Waals surface area contributed by atoms with E-state index >= 15 is 0 Å². The summed E-state index contributed by atoms with van der Waals surface area (Å²) >= 11 is 0. The second kappa shape index (κ2) is 3.67. The molecule has 0 saturated carbocycles. The molecule has 1 unspecified atom stereocenters. The molecule has 0 radical (unpaired) electrons. The average molecular weight is 168 g/mol. The zero-order valence-electron chi connectivity index (χ0n) is 6.90. The maximum absolute atomic E-state index is 9.63. The van der Waals surface area contributed by atoms with E-state index in [4.69, 9.17) is 9.84 Å². The number of benzene rings is 1. The molecular weight excluding hydrogens is 156 g/mol. The van der Waals surface area contributed by atoms with Gasteiger partial charge in [-0.3, -0.25) is 0 Å². The Morgan fingerprint density at radius 2 is 1.92 bits per heavy atom. The standard InChI is InChI=1S/C9H12O3/c1-12-9(11,7-10)8-5-3-2-4-6-8/h2-6,10-11H,7H2,1H3. The van der Waals surface area contributed by atoms with Crippen LogP contribution in [0.5, 0.6) is 0 Å². The molecule has 0 aliphatic rings. The fraction of sp³-hybridized carbons (Fsp3) is 0.333. The van der Waals surface area contributed by atoms with Crippen molar-refractivity contribution >= 4 is 0 Å². The molecule has 0 saturated heterocycles. The number of hydrogen-bond donors (Lipinski definition) is 2. The second-order valence-electron chi connectivity index (χ2n) is 2.51. The number of aliphatic hydroxyl groups is 2. The monoisotopic (exact) mass is 168 g/mol.